The molecule has 0 aliphatic carbocycles. The van der Waals surface area contributed by atoms with Gasteiger partial charge in [-0.1, -0.05) is 0 Å². The van der Waals surface area contributed by atoms with E-state index in [0.717, 1.165) is 12.3 Å². The topological polar surface area (TPSA) is 22.1 Å². The van der Waals surface area contributed by atoms with Crippen LogP contribution in [-0.4, -0.2) is 12.1 Å². The van der Waals surface area contributed by atoms with Crippen LogP contribution in [0.5, 0.6) is 5.75 Å². The molecular formula is C8H7ClF3NO. The highest BCUT2D eigenvalue weighted by Crippen LogP contribution is 2.32. The zero-order valence-corrected chi connectivity index (χ0v) is 7.99. The van der Waals surface area contributed by atoms with E-state index in [1.54, 1.807) is 0 Å². The van der Waals surface area contributed by atoms with Gasteiger partial charge in [-0.05, 0) is 6.07 Å². The summed E-state index contributed by atoms with van der Waals surface area (Å²) in [6, 6.07) is 0.880. The second-order valence-corrected chi connectivity index (χ2v) is 2.77. The molecule has 0 bridgehead atoms. The third kappa shape index (κ3) is 2.29. The highest BCUT2D eigenvalue weighted by molar-refractivity contribution is 6.17. The monoisotopic (exact) mass is 225 g/mol. The molecule has 0 atom stereocenters. The average molecular weight is 226 g/mol. The minimum Gasteiger partial charge on any atom is -0.495 e. The maximum atomic E-state index is 12.2. The number of ether oxygens (including phenoxy) is 1. The number of hydrogen-bond acceptors (Lipinski definition) is 2. The molecule has 1 rings (SSSR count). The first-order valence-electron chi connectivity index (χ1n) is 3.65. The second-order valence-electron chi connectivity index (χ2n) is 2.50. The lowest BCUT2D eigenvalue weighted by atomic mass is 10.2. The molecule has 0 saturated carbocycles. The van der Waals surface area contributed by atoms with Crippen molar-refractivity contribution in [2.75, 3.05) is 7.11 Å². The maximum absolute atomic E-state index is 12.2. The average Bonchev–Trinajstić information content (AvgIpc) is 2.15. The van der Waals surface area contributed by atoms with Gasteiger partial charge in [0.05, 0.1) is 24.2 Å². The van der Waals surface area contributed by atoms with Gasteiger partial charge in [-0.25, -0.2) is 0 Å². The zero-order valence-electron chi connectivity index (χ0n) is 7.23. The quantitative estimate of drug-likeness (QED) is 0.722. The van der Waals surface area contributed by atoms with Gasteiger partial charge in [-0.3, -0.25) is 4.98 Å². The predicted octanol–water partition coefficient (Wildman–Crippen LogP) is 2.85. The fourth-order valence-electron chi connectivity index (χ4n) is 0.905. The molecule has 0 aliphatic rings. The second kappa shape index (κ2) is 4.04. The van der Waals surface area contributed by atoms with Crippen molar-refractivity contribution in [3.63, 3.8) is 0 Å². The number of hydrogen-bond donors (Lipinski definition) is 0. The summed E-state index contributed by atoms with van der Waals surface area (Å²) in [7, 11) is 1.27. The molecule has 6 heteroatoms. The highest BCUT2D eigenvalue weighted by atomic mass is 35.5. The largest absolute Gasteiger partial charge is 0.495 e. The lowest BCUT2D eigenvalue weighted by Crippen LogP contribution is -2.07. The lowest BCUT2D eigenvalue weighted by molar-refractivity contribution is -0.137. The van der Waals surface area contributed by atoms with Crippen LogP contribution < -0.4 is 4.74 Å². The van der Waals surface area contributed by atoms with Gasteiger partial charge in [0.15, 0.2) is 0 Å². The standard InChI is InChI=1S/C8H7ClF3NO/c1-14-7-2-5(8(10,11)12)4-13-6(7)3-9/h2,4H,3H2,1H3. The molecule has 0 saturated heterocycles. The summed E-state index contributed by atoms with van der Waals surface area (Å²) in [6.45, 7) is 0. The van der Waals surface area contributed by atoms with Crippen molar-refractivity contribution in [3.8, 4) is 5.75 Å². The summed E-state index contributed by atoms with van der Waals surface area (Å²) >= 11 is 5.45. The fraction of sp³-hybridized carbons (Fsp3) is 0.375. The number of halogens is 4. The summed E-state index contributed by atoms with van der Waals surface area (Å²) in [4.78, 5) is 3.56. The van der Waals surface area contributed by atoms with Crippen LogP contribution in [0.3, 0.4) is 0 Å². The van der Waals surface area contributed by atoms with Gasteiger partial charge in [-0.15, -0.1) is 11.6 Å². The smallest absolute Gasteiger partial charge is 0.418 e. The molecule has 2 nitrogen and oxygen atoms in total. The molecule has 1 aromatic rings. The van der Waals surface area contributed by atoms with E-state index < -0.39 is 11.7 Å². The summed E-state index contributed by atoms with van der Waals surface area (Å²) in [5, 5.41) is 0. The first-order chi connectivity index (χ1) is 6.49. The van der Waals surface area contributed by atoms with Gasteiger partial charge in [0.2, 0.25) is 0 Å². The normalized spacial score (nSPS) is 11.5. The minimum atomic E-state index is -4.41. The summed E-state index contributed by atoms with van der Waals surface area (Å²) < 4.78 is 41.4. The summed E-state index contributed by atoms with van der Waals surface area (Å²) in [6.07, 6.45) is -3.68. The zero-order chi connectivity index (χ0) is 10.8. The van der Waals surface area contributed by atoms with Crippen molar-refractivity contribution in [1.82, 2.24) is 4.98 Å². The maximum Gasteiger partial charge on any atom is 0.418 e. The molecule has 0 aromatic carbocycles. The Kier molecular flexibility index (Phi) is 3.21. The molecule has 0 aliphatic heterocycles. The first-order valence-corrected chi connectivity index (χ1v) is 4.18. The molecule has 0 N–H and O–H groups in total. The molecule has 78 valence electrons. The SMILES string of the molecule is COc1cc(C(F)(F)F)cnc1CCl. The molecule has 14 heavy (non-hydrogen) atoms. The highest BCUT2D eigenvalue weighted by Gasteiger charge is 2.31. The molecule has 0 unspecified atom stereocenters. The van der Waals surface area contributed by atoms with Gasteiger partial charge in [-0.2, -0.15) is 13.2 Å². The first kappa shape index (κ1) is 11.1. The minimum absolute atomic E-state index is 0.0152. The van der Waals surface area contributed by atoms with Gasteiger partial charge in [0.25, 0.3) is 0 Å². The van der Waals surface area contributed by atoms with Crippen LogP contribution in [0.4, 0.5) is 13.2 Å². The van der Waals surface area contributed by atoms with Crippen LogP contribution in [0.25, 0.3) is 0 Å². The Morgan fingerprint density at radius 2 is 2.14 bits per heavy atom. The number of aromatic nitrogens is 1. The number of rotatable bonds is 2. The van der Waals surface area contributed by atoms with Crippen molar-refractivity contribution in [3.05, 3.63) is 23.5 Å². The molecule has 0 spiro atoms. The van der Waals surface area contributed by atoms with Crippen LogP contribution in [0.1, 0.15) is 11.3 Å². The Labute approximate surface area is 83.7 Å². The van der Waals surface area contributed by atoms with Crippen LogP contribution in [-0.2, 0) is 12.1 Å². The number of pyridine rings is 1. The number of nitrogens with zero attached hydrogens (tertiary/aromatic N) is 1. The lowest BCUT2D eigenvalue weighted by Gasteiger charge is -2.09. The van der Waals surface area contributed by atoms with E-state index in [-0.39, 0.29) is 11.6 Å². The Bertz CT molecular complexity index is 327. The molecule has 1 aromatic heterocycles. The van der Waals surface area contributed by atoms with Crippen LogP contribution in [0.15, 0.2) is 12.3 Å². The molecule has 0 fully saturated rings. The van der Waals surface area contributed by atoms with E-state index >= 15 is 0 Å². The van der Waals surface area contributed by atoms with Gasteiger partial charge >= 0.3 is 6.18 Å². The third-order valence-corrected chi connectivity index (χ3v) is 1.86. The van der Waals surface area contributed by atoms with E-state index in [9.17, 15) is 13.2 Å². The summed E-state index contributed by atoms with van der Waals surface area (Å²) in [5.74, 6) is 0.0660. The Morgan fingerprint density at radius 3 is 2.57 bits per heavy atom. The van der Waals surface area contributed by atoms with E-state index in [0.29, 0.717) is 5.69 Å². The van der Waals surface area contributed by atoms with Crippen molar-refractivity contribution in [2.45, 2.75) is 12.1 Å². The van der Waals surface area contributed by atoms with Crippen molar-refractivity contribution < 1.29 is 17.9 Å². The van der Waals surface area contributed by atoms with E-state index in [4.69, 9.17) is 16.3 Å². The summed E-state index contributed by atoms with van der Waals surface area (Å²) in [5.41, 5.74) is -0.551. The molecular weight excluding hydrogens is 219 g/mol. The van der Waals surface area contributed by atoms with Crippen LogP contribution in [0.2, 0.25) is 0 Å². The van der Waals surface area contributed by atoms with E-state index in [2.05, 4.69) is 4.98 Å². The van der Waals surface area contributed by atoms with Crippen molar-refractivity contribution in [2.24, 2.45) is 0 Å². The third-order valence-electron chi connectivity index (χ3n) is 1.60. The number of alkyl halides is 4. The van der Waals surface area contributed by atoms with Gasteiger partial charge < -0.3 is 4.74 Å². The van der Waals surface area contributed by atoms with Crippen LogP contribution in [0, 0.1) is 0 Å². The predicted molar refractivity (Wildman–Crippen MR) is 45.3 cm³/mol. The molecule has 0 amide bonds. The van der Waals surface area contributed by atoms with Crippen LogP contribution >= 0.6 is 11.6 Å². The Balaban J connectivity index is 3.14. The van der Waals surface area contributed by atoms with Crippen molar-refractivity contribution >= 4 is 11.6 Å². The molecule has 1 heterocycles. The van der Waals surface area contributed by atoms with Crippen molar-refractivity contribution in [1.29, 1.82) is 0 Å². The van der Waals surface area contributed by atoms with Gasteiger partial charge in [0, 0.05) is 6.20 Å². The van der Waals surface area contributed by atoms with E-state index in [1.807, 2.05) is 0 Å². The number of methoxy groups -OCH3 is 1. The van der Waals surface area contributed by atoms with Gasteiger partial charge in [0.1, 0.15) is 5.75 Å². The Hall–Kier alpha value is -0.970. The molecule has 0 radical (unpaired) electrons. The van der Waals surface area contributed by atoms with E-state index in [1.165, 1.54) is 7.11 Å². The fourth-order valence-corrected chi connectivity index (χ4v) is 1.11. The Morgan fingerprint density at radius 1 is 1.50 bits per heavy atom.